The van der Waals surface area contributed by atoms with Crippen LogP contribution < -0.4 is 14.8 Å². The zero-order chi connectivity index (χ0) is 24.8. The van der Waals surface area contributed by atoms with E-state index in [1.165, 1.54) is 0 Å². The van der Waals surface area contributed by atoms with Crippen molar-refractivity contribution in [2.45, 2.75) is 37.6 Å². The molecule has 0 bridgehead atoms. The summed E-state index contributed by atoms with van der Waals surface area (Å²) in [5, 5.41) is 12.1. The number of carbonyl (C=O) groups excluding carboxylic acids is 2. The summed E-state index contributed by atoms with van der Waals surface area (Å²) in [6, 6.07) is 21.2. The standard InChI is InChI=1S/C29H28N2O4/c1-34-26-16-15-23(17-27(26)35-2)24-5-3-4-6-25(24)31-29(33)22-13-11-21(12-14-22)28(32)20-9-7-19(18-30)8-10-20/h7-17,24-25H,3-6H2,1-2H3,(H,31,33)/t24-,25-/m1/s1. The van der Waals surface area contributed by atoms with Gasteiger partial charge in [0, 0.05) is 28.7 Å². The summed E-state index contributed by atoms with van der Waals surface area (Å²) in [5.41, 5.74) is 3.13. The number of methoxy groups -OCH3 is 2. The molecule has 0 heterocycles. The summed E-state index contributed by atoms with van der Waals surface area (Å²) in [4.78, 5) is 25.8. The fraction of sp³-hybridized carbons (Fsp3) is 0.276. The van der Waals surface area contributed by atoms with Crippen LogP contribution in [0.2, 0.25) is 0 Å². The zero-order valence-corrected chi connectivity index (χ0v) is 19.9. The van der Waals surface area contributed by atoms with Gasteiger partial charge in [0.25, 0.3) is 5.91 Å². The molecule has 1 N–H and O–H groups in total. The van der Waals surface area contributed by atoms with Crippen molar-refractivity contribution < 1.29 is 19.1 Å². The summed E-state index contributed by atoms with van der Waals surface area (Å²) in [6.07, 6.45) is 4.06. The quantitative estimate of drug-likeness (QED) is 0.478. The van der Waals surface area contributed by atoms with Gasteiger partial charge >= 0.3 is 0 Å². The summed E-state index contributed by atoms with van der Waals surface area (Å²) in [6.45, 7) is 0. The summed E-state index contributed by atoms with van der Waals surface area (Å²) in [5.74, 6) is 1.25. The van der Waals surface area contributed by atoms with E-state index >= 15 is 0 Å². The number of hydrogen-bond acceptors (Lipinski definition) is 5. The Labute approximate surface area is 205 Å². The Kier molecular flexibility index (Phi) is 7.47. The van der Waals surface area contributed by atoms with E-state index in [0.29, 0.717) is 33.8 Å². The molecule has 1 saturated carbocycles. The summed E-state index contributed by atoms with van der Waals surface area (Å²) in [7, 11) is 3.24. The minimum absolute atomic E-state index is 0.00862. The molecule has 1 aliphatic carbocycles. The monoisotopic (exact) mass is 468 g/mol. The third kappa shape index (κ3) is 5.36. The highest BCUT2D eigenvalue weighted by molar-refractivity contribution is 6.09. The summed E-state index contributed by atoms with van der Waals surface area (Å²) >= 11 is 0. The zero-order valence-electron chi connectivity index (χ0n) is 19.9. The molecule has 0 unspecified atom stereocenters. The third-order valence-electron chi connectivity index (χ3n) is 6.60. The topological polar surface area (TPSA) is 88.4 Å². The van der Waals surface area contributed by atoms with Crippen LogP contribution in [0.1, 0.15) is 69.0 Å². The van der Waals surface area contributed by atoms with Gasteiger partial charge < -0.3 is 14.8 Å². The molecule has 0 spiro atoms. The smallest absolute Gasteiger partial charge is 0.251 e. The predicted octanol–water partition coefficient (Wildman–Crippen LogP) is 5.26. The maximum Gasteiger partial charge on any atom is 0.251 e. The van der Waals surface area contributed by atoms with Crippen LogP contribution in [0.25, 0.3) is 0 Å². The van der Waals surface area contributed by atoms with E-state index in [1.54, 1.807) is 62.8 Å². The molecule has 4 rings (SSSR count). The lowest BCUT2D eigenvalue weighted by Crippen LogP contribution is -2.41. The number of benzene rings is 3. The number of nitriles is 1. The Hall–Kier alpha value is -4.11. The molecule has 2 atom stereocenters. The van der Waals surface area contributed by atoms with E-state index in [4.69, 9.17) is 14.7 Å². The van der Waals surface area contributed by atoms with Crippen LogP contribution in [0.15, 0.2) is 66.7 Å². The Bertz CT molecular complexity index is 1240. The molecule has 3 aromatic rings. The lowest BCUT2D eigenvalue weighted by molar-refractivity contribution is 0.0919. The molecule has 1 fully saturated rings. The normalized spacial score (nSPS) is 17.2. The summed E-state index contributed by atoms with van der Waals surface area (Å²) < 4.78 is 10.8. The van der Waals surface area contributed by atoms with Crippen molar-refractivity contribution >= 4 is 11.7 Å². The maximum absolute atomic E-state index is 13.1. The molecule has 3 aromatic carbocycles. The van der Waals surface area contributed by atoms with E-state index in [1.807, 2.05) is 24.3 Å². The lowest BCUT2D eigenvalue weighted by Gasteiger charge is -2.33. The fourth-order valence-corrected chi connectivity index (χ4v) is 4.67. The van der Waals surface area contributed by atoms with Crippen molar-refractivity contribution in [1.82, 2.24) is 5.32 Å². The lowest BCUT2D eigenvalue weighted by atomic mass is 9.79. The van der Waals surface area contributed by atoms with E-state index in [0.717, 1.165) is 31.2 Å². The first-order valence-corrected chi connectivity index (χ1v) is 11.7. The average Bonchev–Trinajstić information content (AvgIpc) is 2.92. The Morgan fingerprint density at radius 1 is 0.829 bits per heavy atom. The SMILES string of the molecule is COc1ccc([C@H]2CCCC[C@H]2NC(=O)c2ccc(C(=O)c3ccc(C#N)cc3)cc2)cc1OC. The average molecular weight is 469 g/mol. The van der Waals surface area contributed by atoms with Gasteiger partial charge in [-0.1, -0.05) is 31.0 Å². The molecule has 6 heteroatoms. The van der Waals surface area contributed by atoms with Crippen molar-refractivity contribution in [2.24, 2.45) is 0 Å². The van der Waals surface area contributed by atoms with Crippen LogP contribution in [-0.4, -0.2) is 32.0 Å². The van der Waals surface area contributed by atoms with E-state index in [9.17, 15) is 9.59 Å². The molecule has 178 valence electrons. The molecule has 35 heavy (non-hydrogen) atoms. The van der Waals surface area contributed by atoms with E-state index in [-0.39, 0.29) is 23.7 Å². The van der Waals surface area contributed by atoms with Crippen LogP contribution in [0.3, 0.4) is 0 Å². The van der Waals surface area contributed by atoms with Crippen LogP contribution >= 0.6 is 0 Å². The van der Waals surface area contributed by atoms with Crippen LogP contribution in [-0.2, 0) is 0 Å². The second kappa shape index (κ2) is 10.9. The first-order valence-electron chi connectivity index (χ1n) is 11.7. The van der Waals surface area contributed by atoms with Crippen molar-refractivity contribution in [3.05, 3.63) is 94.5 Å². The third-order valence-corrected chi connectivity index (χ3v) is 6.60. The second-order valence-electron chi connectivity index (χ2n) is 8.68. The van der Waals surface area contributed by atoms with Crippen LogP contribution in [0.5, 0.6) is 11.5 Å². The number of nitrogens with one attached hydrogen (secondary N) is 1. The van der Waals surface area contributed by atoms with Gasteiger partial charge in [-0.3, -0.25) is 9.59 Å². The van der Waals surface area contributed by atoms with Gasteiger partial charge in [-0.2, -0.15) is 5.26 Å². The molecule has 0 radical (unpaired) electrons. The van der Waals surface area contributed by atoms with Gasteiger partial charge in [-0.25, -0.2) is 0 Å². The number of hydrogen-bond donors (Lipinski definition) is 1. The number of ether oxygens (including phenoxy) is 2. The van der Waals surface area contributed by atoms with E-state index in [2.05, 4.69) is 5.32 Å². The first-order chi connectivity index (χ1) is 17.0. The van der Waals surface area contributed by atoms with Gasteiger partial charge in [0.15, 0.2) is 17.3 Å². The van der Waals surface area contributed by atoms with Gasteiger partial charge in [0.2, 0.25) is 0 Å². The van der Waals surface area contributed by atoms with Gasteiger partial charge in [0.05, 0.1) is 25.9 Å². The predicted molar refractivity (Wildman–Crippen MR) is 133 cm³/mol. The molecular formula is C29H28N2O4. The number of carbonyl (C=O) groups is 2. The van der Waals surface area contributed by atoms with E-state index < -0.39 is 0 Å². The first kappa shape index (κ1) is 24.0. The Balaban J connectivity index is 1.47. The number of rotatable bonds is 7. The molecule has 1 amide bonds. The van der Waals surface area contributed by atoms with Crippen molar-refractivity contribution in [3.8, 4) is 17.6 Å². The van der Waals surface area contributed by atoms with Crippen molar-refractivity contribution in [3.63, 3.8) is 0 Å². The minimum atomic E-state index is -0.153. The highest BCUT2D eigenvalue weighted by Crippen LogP contribution is 2.37. The largest absolute Gasteiger partial charge is 0.493 e. The minimum Gasteiger partial charge on any atom is -0.493 e. The van der Waals surface area contributed by atoms with Crippen LogP contribution in [0, 0.1) is 11.3 Å². The second-order valence-corrected chi connectivity index (χ2v) is 8.68. The fourth-order valence-electron chi connectivity index (χ4n) is 4.67. The molecule has 0 aliphatic heterocycles. The molecular weight excluding hydrogens is 440 g/mol. The highest BCUT2D eigenvalue weighted by atomic mass is 16.5. The molecule has 0 aromatic heterocycles. The number of nitrogens with zero attached hydrogens (tertiary/aromatic N) is 1. The Morgan fingerprint density at radius 2 is 1.43 bits per heavy atom. The van der Waals surface area contributed by atoms with Gasteiger partial charge in [-0.15, -0.1) is 0 Å². The maximum atomic E-state index is 13.1. The van der Waals surface area contributed by atoms with Crippen molar-refractivity contribution in [1.29, 1.82) is 5.26 Å². The number of amides is 1. The molecule has 1 aliphatic rings. The number of ketones is 1. The molecule has 0 saturated heterocycles. The van der Waals surface area contributed by atoms with Gasteiger partial charge in [-0.05, 0) is 66.9 Å². The molecule has 6 nitrogen and oxygen atoms in total. The Morgan fingerprint density at radius 3 is 2.06 bits per heavy atom. The van der Waals surface area contributed by atoms with Gasteiger partial charge in [0.1, 0.15) is 0 Å². The van der Waals surface area contributed by atoms with Crippen LogP contribution in [0.4, 0.5) is 0 Å². The highest BCUT2D eigenvalue weighted by Gasteiger charge is 2.29. The van der Waals surface area contributed by atoms with Crippen molar-refractivity contribution in [2.75, 3.05) is 14.2 Å².